The van der Waals surface area contributed by atoms with Crippen molar-refractivity contribution in [1.82, 2.24) is 0 Å². The lowest BCUT2D eigenvalue weighted by Gasteiger charge is -2.08. The average Bonchev–Trinajstić information content (AvgIpc) is 3.32. The molecule has 0 aliphatic heterocycles. The van der Waals surface area contributed by atoms with Crippen LogP contribution in [0, 0.1) is 0 Å². The second-order valence-electron chi connectivity index (χ2n) is 6.99. The van der Waals surface area contributed by atoms with E-state index in [-0.39, 0.29) is 0 Å². The molecule has 0 aliphatic carbocycles. The molecule has 0 amide bonds. The van der Waals surface area contributed by atoms with Gasteiger partial charge in [0, 0.05) is 10.8 Å². The Morgan fingerprint density at radius 1 is 0.500 bits per heavy atom. The van der Waals surface area contributed by atoms with E-state index in [4.69, 9.17) is 8.83 Å². The van der Waals surface area contributed by atoms with Crippen LogP contribution in [0.4, 0.5) is 0 Å². The number of hydrogen-bond donors (Lipinski definition) is 0. The van der Waals surface area contributed by atoms with Crippen LogP contribution in [0.2, 0.25) is 0 Å². The number of thioether (sulfide) groups is 2. The fraction of sp³-hybridized carbons (Fsp3) is 0.0833. The van der Waals surface area contributed by atoms with Crippen molar-refractivity contribution >= 4 is 77.8 Å². The third kappa shape index (κ3) is 2.31. The molecule has 28 heavy (non-hydrogen) atoms. The minimum absolute atomic E-state index is 0.946. The third-order valence-electron chi connectivity index (χ3n) is 5.46. The number of benzene rings is 4. The van der Waals surface area contributed by atoms with E-state index < -0.39 is 0 Å². The molecule has 0 fully saturated rings. The summed E-state index contributed by atoms with van der Waals surface area (Å²) in [7, 11) is 0. The molecular weight excluding hydrogens is 384 g/mol. The molecule has 2 aromatic heterocycles. The van der Waals surface area contributed by atoms with Gasteiger partial charge in [0.2, 0.25) is 0 Å². The zero-order valence-electron chi connectivity index (χ0n) is 15.4. The molecule has 0 saturated heterocycles. The van der Waals surface area contributed by atoms with E-state index in [9.17, 15) is 0 Å². The van der Waals surface area contributed by atoms with Crippen LogP contribution in [-0.4, -0.2) is 12.5 Å². The zero-order chi connectivity index (χ0) is 18.8. The first-order valence-electron chi connectivity index (χ1n) is 9.08. The summed E-state index contributed by atoms with van der Waals surface area (Å²) in [5, 5.41) is 11.7. The Morgan fingerprint density at radius 2 is 0.964 bits per heavy atom. The molecule has 6 rings (SSSR count). The summed E-state index contributed by atoms with van der Waals surface area (Å²) in [6.07, 6.45) is 4.08. The van der Waals surface area contributed by atoms with Crippen LogP contribution in [0.25, 0.3) is 54.3 Å². The molecule has 0 unspecified atom stereocenters. The Hall–Kier alpha value is -2.56. The van der Waals surface area contributed by atoms with Gasteiger partial charge in [0.1, 0.15) is 11.2 Å². The highest BCUT2D eigenvalue weighted by molar-refractivity contribution is 7.98. The predicted octanol–water partition coefficient (Wildman–Crippen LogP) is 8.08. The van der Waals surface area contributed by atoms with Crippen LogP contribution in [0.15, 0.2) is 79.7 Å². The van der Waals surface area contributed by atoms with Gasteiger partial charge < -0.3 is 8.83 Å². The molecule has 0 N–H and O–H groups in total. The Kier molecular flexibility index (Phi) is 3.49. The lowest BCUT2D eigenvalue weighted by molar-refractivity contribution is 0.516. The van der Waals surface area contributed by atoms with Gasteiger partial charge in [-0.1, -0.05) is 47.8 Å². The van der Waals surface area contributed by atoms with E-state index >= 15 is 0 Å². The first-order chi connectivity index (χ1) is 13.7. The van der Waals surface area contributed by atoms with Crippen molar-refractivity contribution in [2.75, 3.05) is 12.5 Å². The minimum atomic E-state index is 0.946. The van der Waals surface area contributed by atoms with Crippen molar-refractivity contribution < 1.29 is 8.83 Å². The molecule has 4 aromatic carbocycles. The lowest BCUT2D eigenvalue weighted by Crippen LogP contribution is -1.81. The maximum atomic E-state index is 5.92. The molecule has 0 bridgehead atoms. The summed E-state index contributed by atoms with van der Waals surface area (Å²) in [4.78, 5) is 0. The predicted molar refractivity (Wildman–Crippen MR) is 122 cm³/mol. The highest BCUT2D eigenvalue weighted by Crippen LogP contribution is 2.37. The molecule has 0 radical (unpaired) electrons. The van der Waals surface area contributed by atoms with E-state index in [0.29, 0.717) is 0 Å². The van der Waals surface area contributed by atoms with Gasteiger partial charge in [0.05, 0.1) is 0 Å². The monoisotopic (exact) mass is 400 g/mol. The number of fused-ring (bicyclic) bond motifs is 7. The lowest BCUT2D eigenvalue weighted by atomic mass is 9.96. The van der Waals surface area contributed by atoms with Crippen molar-refractivity contribution in [3.63, 3.8) is 0 Å². The van der Waals surface area contributed by atoms with Gasteiger partial charge in [0.15, 0.2) is 10.2 Å². The number of rotatable bonds is 2. The topological polar surface area (TPSA) is 26.3 Å². The molecule has 0 atom stereocenters. The quantitative estimate of drug-likeness (QED) is 0.217. The molecule has 2 heterocycles. The first-order valence-corrected chi connectivity index (χ1v) is 11.5. The van der Waals surface area contributed by atoms with E-state index in [0.717, 1.165) is 32.1 Å². The van der Waals surface area contributed by atoms with Gasteiger partial charge in [-0.05, 0) is 81.2 Å². The first kappa shape index (κ1) is 16.4. The molecule has 4 heteroatoms. The average molecular weight is 401 g/mol. The fourth-order valence-electron chi connectivity index (χ4n) is 4.10. The highest BCUT2D eigenvalue weighted by atomic mass is 32.2. The Balaban J connectivity index is 1.71. The molecular formula is C24H16O2S2. The van der Waals surface area contributed by atoms with Crippen LogP contribution in [0.1, 0.15) is 0 Å². The van der Waals surface area contributed by atoms with Gasteiger partial charge >= 0.3 is 0 Å². The molecule has 0 saturated carbocycles. The summed E-state index contributed by atoms with van der Waals surface area (Å²) in [5.74, 6) is 0. The SMILES string of the molecule is CSc1cc2cc3c(ccc4c5cc6cc(SC)oc6cc5ccc34)cc2o1. The van der Waals surface area contributed by atoms with Gasteiger partial charge in [-0.3, -0.25) is 0 Å². The van der Waals surface area contributed by atoms with Crippen molar-refractivity contribution in [2.24, 2.45) is 0 Å². The third-order valence-corrected chi connectivity index (χ3v) is 6.67. The number of furan rings is 2. The van der Waals surface area contributed by atoms with Crippen molar-refractivity contribution in [2.45, 2.75) is 10.2 Å². The Labute approximate surface area is 169 Å². The summed E-state index contributed by atoms with van der Waals surface area (Å²) < 4.78 is 11.8. The maximum absolute atomic E-state index is 5.92. The smallest absolute Gasteiger partial charge is 0.161 e. The largest absolute Gasteiger partial charge is 0.450 e. The number of hydrogen-bond acceptors (Lipinski definition) is 4. The summed E-state index contributed by atoms with van der Waals surface area (Å²) in [6, 6.07) is 21.9. The van der Waals surface area contributed by atoms with Crippen LogP contribution in [-0.2, 0) is 0 Å². The van der Waals surface area contributed by atoms with Crippen LogP contribution >= 0.6 is 23.5 Å². The highest BCUT2D eigenvalue weighted by Gasteiger charge is 2.11. The zero-order valence-corrected chi connectivity index (χ0v) is 17.0. The minimum Gasteiger partial charge on any atom is -0.450 e. The normalized spacial score (nSPS) is 12.2. The van der Waals surface area contributed by atoms with Gasteiger partial charge in [0.25, 0.3) is 0 Å². The summed E-state index contributed by atoms with van der Waals surface area (Å²) in [6.45, 7) is 0. The molecule has 0 aliphatic rings. The van der Waals surface area contributed by atoms with E-state index in [1.54, 1.807) is 23.5 Å². The van der Waals surface area contributed by atoms with E-state index in [2.05, 4.69) is 60.7 Å². The van der Waals surface area contributed by atoms with Gasteiger partial charge in [-0.15, -0.1) is 0 Å². The van der Waals surface area contributed by atoms with E-state index in [1.165, 1.54) is 32.3 Å². The summed E-state index contributed by atoms with van der Waals surface area (Å²) in [5.41, 5.74) is 1.89. The molecule has 0 spiro atoms. The van der Waals surface area contributed by atoms with Crippen LogP contribution < -0.4 is 0 Å². The Bertz CT molecular complexity index is 1420. The standard InChI is InChI=1S/C24H16O2S2/c1-27-23-11-15-7-19-13(9-21(15)25-23)3-5-18-17(19)6-4-14-10-22-16(8-20(14)18)12-24(26-22)28-2/h3-12H,1-2H3. The second-order valence-corrected chi connectivity index (χ2v) is 8.61. The molecule has 6 aromatic rings. The molecule has 2 nitrogen and oxygen atoms in total. The molecule has 136 valence electrons. The van der Waals surface area contributed by atoms with Crippen LogP contribution in [0.5, 0.6) is 0 Å². The second kappa shape index (κ2) is 5.97. The van der Waals surface area contributed by atoms with Crippen molar-refractivity contribution in [1.29, 1.82) is 0 Å². The van der Waals surface area contributed by atoms with Gasteiger partial charge in [-0.25, -0.2) is 0 Å². The van der Waals surface area contributed by atoms with E-state index in [1.807, 2.05) is 12.5 Å². The van der Waals surface area contributed by atoms with Crippen molar-refractivity contribution in [3.8, 4) is 0 Å². The van der Waals surface area contributed by atoms with Crippen molar-refractivity contribution in [3.05, 3.63) is 60.7 Å². The van der Waals surface area contributed by atoms with Crippen LogP contribution in [0.3, 0.4) is 0 Å². The summed E-state index contributed by atoms with van der Waals surface area (Å²) >= 11 is 3.27. The maximum Gasteiger partial charge on any atom is 0.161 e. The van der Waals surface area contributed by atoms with Gasteiger partial charge in [-0.2, -0.15) is 0 Å². The fourth-order valence-corrected chi connectivity index (χ4v) is 4.93. The Morgan fingerprint density at radius 3 is 1.39 bits per heavy atom.